The molecule has 0 amide bonds. The summed E-state index contributed by atoms with van der Waals surface area (Å²) in [5.41, 5.74) is 0.884. The lowest BCUT2D eigenvalue weighted by atomic mass is 10.1. The van der Waals surface area contributed by atoms with Gasteiger partial charge in [-0.2, -0.15) is 0 Å². The van der Waals surface area contributed by atoms with E-state index in [9.17, 15) is 5.11 Å². The first-order chi connectivity index (χ1) is 8.26. The Bertz CT molecular complexity index is 388. The number of aromatic hydroxyl groups is 1. The van der Waals surface area contributed by atoms with E-state index in [1.165, 1.54) is 7.11 Å². The van der Waals surface area contributed by atoms with E-state index in [-0.39, 0.29) is 11.9 Å². The molecule has 1 atom stereocenters. The van der Waals surface area contributed by atoms with Crippen molar-refractivity contribution >= 4 is 0 Å². The molecule has 1 unspecified atom stereocenters. The molecule has 1 saturated heterocycles. The molecular formula is C12H17NO4. The first-order valence-corrected chi connectivity index (χ1v) is 5.53. The van der Waals surface area contributed by atoms with Gasteiger partial charge >= 0.3 is 0 Å². The highest BCUT2D eigenvalue weighted by Gasteiger charge is 2.21. The Kier molecular flexibility index (Phi) is 3.71. The highest BCUT2D eigenvalue weighted by atomic mass is 16.5. The highest BCUT2D eigenvalue weighted by Crippen LogP contribution is 2.37. The van der Waals surface area contributed by atoms with Crippen LogP contribution in [0.15, 0.2) is 12.1 Å². The van der Waals surface area contributed by atoms with Crippen molar-refractivity contribution in [2.75, 3.05) is 33.9 Å². The van der Waals surface area contributed by atoms with Gasteiger partial charge in [0.05, 0.1) is 26.9 Å². The van der Waals surface area contributed by atoms with Gasteiger partial charge in [0.15, 0.2) is 11.5 Å². The Morgan fingerprint density at radius 3 is 2.65 bits per heavy atom. The second kappa shape index (κ2) is 5.25. The van der Waals surface area contributed by atoms with Gasteiger partial charge in [0.25, 0.3) is 0 Å². The Hall–Kier alpha value is -1.46. The maximum absolute atomic E-state index is 9.68. The molecule has 1 aromatic rings. The van der Waals surface area contributed by atoms with E-state index in [0.717, 1.165) is 18.7 Å². The highest BCUT2D eigenvalue weighted by molar-refractivity contribution is 5.50. The fourth-order valence-corrected chi connectivity index (χ4v) is 1.92. The monoisotopic (exact) mass is 239 g/mol. The zero-order valence-corrected chi connectivity index (χ0v) is 10.0. The molecule has 5 nitrogen and oxygen atoms in total. The van der Waals surface area contributed by atoms with Crippen LogP contribution < -0.4 is 14.8 Å². The van der Waals surface area contributed by atoms with Crippen LogP contribution in [0.3, 0.4) is 0 Å². The maximum atomic E-state index is 9.68. The third-order valence-corrected chi connectivity index (χ3v) is 2.81. The summed E-state index contributed by atoms with van der Waals surface area (Å²) in [6.45, 7) is 2.25. The molecule has 1 aromatic carbocycles. The fourth-order valence-electron chi connectivity index (χ4n) is 1.92. The summed E-state index contributed by atoms with van der Waals surface area (Å²) in [6.07, 6.45) is -0.0757. The second-order valence-corrected chi connectivity index (χ2v) is 3.83. The van der Waals surface area contributed by atoms with Gasteiger partial charge < -0.3 is 24.6 Å². The first-order valence-electron chi connectivity index (χ1n) is 5.53. The van der Waals surface area contributed by atoms with Crippen LogP contribution in [0.1, 0.15) is 11.7 Å². The molecule has 94 valence electrons. The first kappa shape index (κ1) is 12.0. The van der Waals surface area contributed by atoms with E-state index in [1.54, 1.807) is 19.2 Å². The van der Waals surface area contributed by atoms with Crippen molar-refractivity contribution in [3.8, 4) is 17.2 Å². The lowest BCUT2D eigenvalue weighted by Gasteiger charge is -2.25. The van der Waals surface area contributed by atoms with Gasteiger partial charge in [0.2, 0.25) is 0 Å². The molecule has 0 aliphatic carbocycles. The molecular weight excluding hydrogens is 222 g/mol. The van der Waals surface area contributed by atoms with Crippen molar-refractivity contribution in [3.05, 3.63) is 17.7 Å². The average molecular weight is 239 g/mol. The van der Waals surface area contributed by atoms with E-state index in [0.29, 0.717) is 18.1 Å². The van der Waals surface area contributed by atoms with Crippen LogP contribution in [0.2, 0.25) is 0 Å². The predicted molar refractivity (Wildman–Crippen MR) is 62.8 cm³/mol. The Balaban J connectivity index is 2.35. The third kappa shape index (κ3) is 2.45. The molecule has 0 saturated carbocycles. The summed E-state index contributed by atoms with van der Waals surface area (Å²) < 4.78 is 16.0. The van der Waals surface area contributed by atoms with Crippen LogP contribution in [-0.4, -0.2) is 39.0 Å². The van der Waals surface area contributed by atoms with Crippen molar-refractivity contribution < 1.29 is 19.3 Å². The summed E-state index contributed by atoms with van der Waals surface area (Å²) >= 11 is 0. The number of benzene rings is 1. The van der Waals surface area contributed by atoms with E-state index < -0.39 is 0 Å². The molecule has 0 radical (unpaired) electrons. The number of hydrogen-bond donors (Lipinski definition) is 2. The minimum atomic E-state index is -0.0757. The molecule has 0 aromatic heterocycles. The van der Waals surface area contributed by atoms with Gasteiger partial charge in [-0.1, -0.05) is 0 Å². The molecule has 0 spiro atoms. The molecule has 17 heavy (non-hydrogen) atoms. The number of rotatable bonds is 3. The minimum absolute atomic E-state index is 0.0665. The third-order valence-electron chi connectivity index (χ3n) is 2.81. The zero-order chi connectivity index (χ0) is 12.3. The number of hydrogen-bond acceptors (Lipinski definition) is 5. The summed E-state index contributed by atoms with van der Waals surface area (Å²) in [4.78, 5) is 0. The SMILES string of the molecule is COc1cc(C2CNCCO2)c(OC)cc1O. The van der Waals surface area contributed by atoms with Crippen LogP contribution in [0, 0.1) is 0 Å². The number of ether oxygens (including phenoxy) is 3. The van der Waals surface area contributed by atoms with E-state index in [4.69, 9.17) is 14.2 Å². The molecule has 1 fully saturated rings. The van der Waals surface area contributed by atoms with Crippen LogP contribution in [0.5, 0.6) is 17.2 Å². The normalized spacial score (nSPS) is 20.0. The Labute approximate surface area is 100 Å². The number of phenolic OH excluding ortho intramolecular Hbond substituents is 1. The van der Waals surface area contributed by atoms with Gasteiger partial charge in [-0.25, -0.2) is 0 Å². The smallest absolute Gasteiger partial charge is 0.161 e. The maximum Gasteiger partial charge on any atom is 0.161 e. The fraction of sp³-hybridized carbons (Fsp3) is 0.500. The summed E-state index contributed by atoms with van der Waals surface area (Å²) in [5.74, 6) is 1.10. The lowest BCUT2D eigenvalue weighted by Crippen LogP contribution is -2.33. The predicted octanol–water partition coefficient (Wildman–Crippen LogP) is 1.07. The summed E-state index contributed by atoms with van der Waals surface area (Å²) in [5, 5.41) is 12.9. The van der Waals surface area contributed by atoms with Gasteiger partial charge in [-0.15, -0.1) is 0 Å². The van der Waals surface area contributed by atoms with Crippen molar-refractivity contribution in [1.82, 2.24) is 5.32 Å². The van der Waals surface area contributed by atoms with Crippen LogP contribution in [0.4, 0.5) is 0 Å². The standard InChI is InChI=1S/C12H17NO4/c1-15-10-6-9(14)11(16-2)5-8(10)12-7-13-3-4-17-12/h5-6,12-14H,3-4,7H2,1-2H3. The Morgan fingerprint density at radius 1 is 1.29 bits per heavy atom. The van der Waals surface area contributed by atoms with E-state index >= 15 is 0 Å². The number of morpholine rings is 1. The molecule has 1 aliphatic heterocycles. The van der Waals surface area contributed by atoms with Crippen molar-refractivity contribution in [2.45, 2.75) is 6.10 Å². The molecule has 2 rings (SSSR count). The van der Waals surface area contributed by atoms with Gasteiger partial charge in [-0.3, -0.25) is 0 Å². The molecule has 0 bridgehead atoms. The van der Waals surface area contributed by atoms with E-state index in [2.05, 4.69) is 5.32 Å². The molecule has 1 aliphatic rings. The van der Waals surface area contributed by atoms with Crippen LogP contribution in [-0.2, 0) is 4.74 Å². The topological polar surface area (TPSA) is 60.0 Å². The van der Waals surface area contributed by atoms with Crippen LogP contribution in [0.25, 0.3) is 0 Å². The van der Waals surface area contributed by atoms with Gasteiger partial charge in [-0.05, 0) is 6.07 Å². The minimum Gasteiger partial charge on any atom is -0.504 e. The number of phenols is 1. The van der Waals surface area contributed by atoms with E-state index in [1.807, 2.05) is 0 Å². The molecule has 1 heterocycles. The quantitative estimate of drug-likeness (QED) is 0.826. The number of methoxy groups -OCH3 is 2. The van der Waals surface area contributed by atoms with Crippen LogP contribution >= 0.6 is 0 Å². The second-order valence-electron chi connectivity index (χ2n) is 3.83. The van der Waals surface area contributed by atoms with Gasteiger partial charge in [0.1, 0.15) is 5.75 Å². The van der Waals surface area contributed by atoms with Crippen molar-refractivity contribution in [3.63, 3.8) is 0 Å². The summed E-state index contributed by atoms with van der Waals surface area (Å²) in [7, 11) is 3.09. The average Bonchev–Trinajstić information content (AvgIpc) is 2.39. The largest absolute Gasteiger partial charge is 0.504 e. The lowest BCUT2D eigenvalue weighted by molar-refractivity contribution is 0.0261. The van der Waals surface area contributed by atoms with Gasteiger partial charge in [0, 0.05) is 24.7 Å². The summed E-state index contributed by atoms with van der Waals surface area (Å²) in [6, 6.07) is 3.30. The Morgan fingerprint density at radius 2 is 2.06 bits per heavy atom. The zero-order valence-electron chi connectivity index (χ0n) is 10.0. The van der Waals surface area contributed by atoms with Crippen molar-refractivity contribution in [2.24, 2.45) is 0 Å². The number of nitrogens with one attached hydrogen (secondary N) is 1. The van der Waals surface area contributed by atoms with Crippen molar-refractivity contribution in [1.29, 1.82) is 0 Å². The molecule has 5 heteroatoms. The molecule has 2 N–H and O–H groups in total.